The van der Waals surface area contributed by atoms with Crippen LogP contribution in [0.15, 0.2) is 11.0 Å². The van der Waals surface area contributed by atoms with Crippen molar-refractivity contribution in [1.29, 1.82) is 0 Å². The molecule has 4 atom stereocenters. The van der Waals surface area contributed by atoms with E-state index in [0.717, 1.165) is 6.42 Å². The van der Waals surface area contributed by atoms with E-state index < -0.39 is 24.5 Å². The van der Waals surface area contributed by atoms with E-state index in [0.29, 0.717) is 24.1 Å². The highest BCUT2D eigenvalue weighted by Crippen LogP contribution is 2.32. The highest BCUT2D eigenvalue weighted by molar-refractivity contribution is 5.71. The normalized spacial score (nSPS) is 25.4. The molecule has 0 amide bonds. The number of aliphatic hydroxyl groups is 2. The van der Waals surface area contributed by atoms with Crippen LogP contribution < -0.4 is 11.4 Å². The number of nitrogen functional groups attached to an aromatic ring is 1. The molecule has 0 spiro atoms. The fraction of sp³-hybridized carbons (Fsp3) is 0.667. The average molecular weight is 337 g/mol. The number of rotatable bonds is 5. The summed E-state index contributed by atoms with van der Waals surface area (Å²) < 4.78 is 8.65. The van der Waals surface area contributed by atoms with Gasteiger partial charge >= 0.3 is 5.69 Å². The number of hydrogen-bond donors (Lipinski definition) is 3. The Morgan fingerprint density at radius 2 is 2.25 bits per heavy atom. The van der Waals surface area contributed by atoms with Crippen molar-refractivity contribution in [2.24, 2.45) is 0 Å². The Labute approximate surface area is 138 Å². The number of imidazole rings is 1. The molecule has 1 fully saturated rings. The fourth-order valence-electron chi connectivity index (χ4n) is 3.16. The van der Waals surface area contributed by atoms with Gasteiger partial charge in [-0.2, -0.15) is 4.98 Å². The summed E-state index contributed by atoms with van der Waals surface area (Å²) in [7, 11) is 0. The van der Waals surface area contributed by atoms with Crippen LogP contribution in [0.25, 0.3) is 11.2 Å². The molecule has 9 nitrogen and oxygen atoms in total. The lowest BCUT2D eigenvalue weighted by Crippen LogP contribution is -2.32. The summed E-state index contributed by atoms with van der Waals surface area (Å²) in [5, 5.41) is 20.4. The largest absolute Gasteiger partial charge is 0.390 e. The first-order chi connectivity index (χ1) is 11.5. The van der Waals surface area contributed by atoms with Crippen molar-refractivity contribution in [3.63, 3.8) is 0 Å². The molecule has 3 rings (SSSR count). The van der Waals surface area contributed by atoms with Gasteiger partial charge in [0.15, 0.2) is 11.9 Å². The molecular formula is C15H23N5O4. The quantitative estimate of drug-likeness (QED) is 0.700. The Kier molecular flexibility index (Phi) is 4.57. The molecule has 0 aromatic carbocycles. The zero-order valence-electron chi connectivity index (χ0n) is 13.8. The molecule has 2 aromatic heterocycles. The molecule has 1 aliphatic heterocycles. The lowest BCUT2D eigenvalue weighted by molar-refractivity contribution is -0.0760. The smallest absolute Gasteiger partial charge is 0.332 e. The second-order valence-electron chi connectivity index (χ2n) is 6.09. The third-order valence-corrected chi connectivity index (χ3v) is 4.39. The number of aromatic nitrogens is 4. The van der Waals surface area contributed by atoms with E-state index in [1.165, 1.54) is 10.8 Å². The molecule has 2 aromatic rings. The van der Waals surface area contributed by atoms with Gasteiger partial charge < -0.3 is 20.7 Å². The van der Waals surface area contributed by atoms with E-state index in [4.69, 9.17) is 10.5 Å². The Morgan fingerprint density at radius 1 is 1.50 bits per heavy atom. The molecular weight excluding hydrogens is 314 g/mol. The number of nitrogens with zero attached hydrogens (tertiary/aromatic N) is 4. The summed E-state index contributed by atoms with van der Waals surface area (Å²) in [6, 6.07) is 0. The summed E-state index contributed by atoms with van der Waals surface area (Å²) in [5.41, 5.74) is 6.21. The molecule has 0 saturated carbocycles. The number of hydrogen-bond acceptors (Lipinski definition) is 7. The number of aryl methyl sites for hydroxylation is 1. The highest BCUT2D eigenvalue weighted by atomic mass is 16.5. The van der Waals surface area contributed by atoms with Crippen LogP contribution in [0.5, 0.6) is 0 Å². The van der Waals surface area contributed by atoms with Crippen molar-refractivity contribution in [2.45, 2.75) is 64.2 Å². The van der Waals surface area contributed by atoms with E-state index >= 15 is 0 Å². The predicted molar refractivity (Wildman–Crippen MR) is 87.3 cm³/mol. The zero-order valence-corrected chi connectivity index (χ0v) is 13.8. The topological polar surface area (TPSA) is 128 Å². The molecule has 24 heavy (non-hydrogen) atoms. The number of nitrogens with two attached hydrogens (primary N) is 1. The second-order valence-corrected chi connectivity index (χ2v) is 6.09. The van der Waals surface area contributed by atoms with Crippen molar-refractivity contribution < 1.29 is 14.9 Å². The highest BCUT2D eigenvalue weighted by Gasteiger charge is 2.40. The van der Waals surface area contributed by atoms with Crippen LogP contribution in [0.4, 0.5) is 5.95 Å². The van der Waals surface area contributed by atoms with Crippen molar-refractivity contribution in [1.82, 2.24) is 19.1 Å². The van der Waals surface area contributed by atoms with Gasteiger partial charge in [0.25, 0.3) is 0 Å². The zero-order chi connectivity index (χ0) is 17.4. The van der Waals surface area contributed by atoms with Crippen LogP contribution in [0.3, 0.4) is 0 Å². The third kappa shape index (κ3) is 2.68. The molecule has 0 aliphatic carbocycles. The van der Waals surface area contributed by atoms with Gasteiger partial charge in [0, 0.05) is 13.0 Å². The van der Waals surface area contributed by atoms with E-state index in [9.17, 15) is 15.0 Å². The number of anilines is 1. The van der Waals surface area contributed by atoms with Gasteiger partial charge in [-0.05, 0) is 12.8 Å². The van der Waals surface area contributed by atoms with Crippen LogP contribution in [-0.2, 0) is 11.3 Å². The molecule has 1 aliphatic rings. The van der Waals surface area contributed by atoms with Gasteiger partial charge in [-0.15, -0.1) is 0 Å². The Morgan fingerprint density at radius 3 is 2.92 bits per heavy atom. The first-order valence-electron chi connectivity index (χ1n) is 8.22. The minimum Gasteiger partial charge on any atom is -0.390 e. The first kappa shape index (κ1) is 16.9. The van der Waals surface area contributed by atoms with Gasteiger partial charge in [0.2, 0.25) is 5.95 Å². The van der Waals surface area contributed by atoms with E-state index in [2.05, 4.69) is 9.97 Å². The van der Waals surface area contributed by atoms with Crippen molar-refractivity contribution >= 4 is 17.1 Å². The molecule has 9 heteroatoms. The number of aliphatic hydroxyl groups excluding tert-OH is 2. The Hall–Kier alpha value is -1.97. The Bertz CT molecular complexity index is 786. The van der Waals surface area contributed by atoms with Crippen molar-refractivity contribution in [2.75, 3.05) is 5.73 Å². The summed E-state index contributed by atoms with van der Waals surface area (Å²) in [4.78, 5) is 21.0. The maximum Gasteiger partial charge on any atom is 0.332 e. The van der Waals surface area contributed by atoms with E-state index in [1.807, 2.05) is 13.8 Å². The van der Waals surface area contributed by atoms with E-state index in [-0.39, 0.29) is 18.1 Å². The van der Waals surface area contributed by atoms with Crippen LogP contribution >= 0.6 is 0 Å². The summed E-state index contributed by atoms with van der Waals surface area (Å²) >= 11 is 0. The molecule has 4 N–H and O–H groups in total. The van der Waals surface area contributed by atoms with Crippen LogP contribution in [0, 0.1) is 0 Å². The number of fused-ring (bicyclic) bond motifs is 1. The SMILES string of the molecule is CCCn1c(=O)n([C@@H]2O[C@H]([C@@H](O)CC)C[C@H]2O)c2nc(N)ncc21. The lowest BCUT2D eigenvalue weighted by atomic mass is 10.1. The molecule has 1 saturated heterocycles. The van der Waals surface area contributed by atoms with Crippen LogP contribution in [0.2, 0.25) is 0 Å². The van der Waals surface area contributed by atoms with Gasteiger partial charge in [0.05, 0.1) is 18.4 Å². The molecule has 0 bridgehead atoms. The third-order valence-electron chi connectivity index (χ3n) is 4.39. The maximum atomic E-state index is 12.8. The number of ether oxygens (including phenoxy) is 1. The Balaban J connectivity index is 2.10. The predicted octanol–water partition coefficient (Wildman–Crippen LogP) is 0.00450. The first-order valence-corrected chi connectivity index (χ1v) is 8.22. The van der Waals surface area contributed by atoms with Crippen LogP contribution in [0.1, 0.15) is 39.3 Å². The van der Waals surface area contributed by atoms with Gasteiger partial charge in [-0.1, -0.05) is 13.8 Å². The molecule has 3 heterocycles. The van der Waals surface area contributed by atoms with Gasteiger partial charge in [-0.25, -0.2) is 14.3 Å². The van der Waals surface area contributed by atoms with Crippen molar-refractivity contribution in [3.8, 4) is 0 Å². The van der Waals surface area contributed by atoms with E-state index in [1.54, 1.807) is 4.57 Å². The summed E-state index contributed by atoms with van der Waals surface area (Å²) in [6.07, 6.45) is -0.00242. The summed E-state index contributed by atoms with van der Waals surface area (Å²) in [5.74, 6) is 0.0440. The lowest BCUT2D eigenvalue weighted by Gasteiger charge is -2.18. The fourth-order valence-corrected chi connectivity index (χ4v) is 3.16. The van der Waals surface area contributed by atoms with Crippen LogP contribution in [-0.4, -0.2) is 47.6 Å². The molecule has 132 valence electrons. The minimum atomic E-state index is -0.911. The second kappa shape index (κ2) is 6.50. The summed E-state index contributed by atoms with van der Waals surface area (Å²) in [6.45, 7) is 4.29. The standard InChI is InChI=1S/C15H23N5O4/c1-3-5-19-8-7-17-14(16)18-12(8)20(15(19)23)13-10(22)6-11(24-13)9(21)4-2/h7,9-11,13,21-22H,3-6H2,1-2H3,(H2,16,17,18)/t9-,10+,11-,13+/m0/s1. The molecule has 0 radical (unpaired) electrons. The minimum absolute atomic E-state index is 0.0440. The maximum absolute atomic E-state index is 12.8. The monoisotopic (exact) mass is 337 g/mol. The van der Waals surface area contributed by atoms with Crippen molar-refractivity contribution in [3.05, 3.63) is 16.7 Å². The molecule has 0 unspecified atom stereocenters. The van der Waals surface area contributed by atoms with Gasteiger partial charge in [-0.3, -0.25) is 4.57 Å². The average Bonchev–Trinajstić information content (AvgIpc) is 3.05. The van der Waals surface area contributed by atoms with Gasteiger partial charge in [0.1, 0.15) is 11.6 Å².